The summed E-state index contributed by atoms with van der Waals surface area (Å²) in [5.74, 6) is -0.330. The molecule has 88 valence electrons. The van der Waals surface area contributed by atoms with E-state index in [9.17, 15) is 14.9 Å². The van der Waals surface area contributed by atoms with E-state index in [1.165, 1.54) is 29.2 Å². The molecule has 0 aliphatic carbocycles. The van der Waals surface area contributed by atoms with Gasteiger partial charge in [-0.2, -0.15) is 5.26 Å². The van der Waals surface area contributed by atoms with Gasteiger partial charge in [-0.05, 0) is 6.07 Å². The summed E-state index contributed by atoms with van der Waals surface area (Å²) < 4.78 is 0. The minimum Gasteiger partial charge on any atom is -0.341 e. The highest BCUT2D eigenvalue weighted by molar-refractivity contribution is 5.94. The molecule has 0 saturated carbocycles. The molecule has 1 amide bonds. The molecule has 17 heavy (non-hydrogen) atoms. The molecule has 0 bridgehead atoms. The van der Waals surface area contributed by atoms with E-state index in [4.69, 9.17) is 5.26 Å². The lowest BCUT2D eigenvalue weighted by Gasteiger charge is -2.14. The molecule has 0 spiro atoms. The van der Waals surface area contributed by atoms with Crippen LogP contribution < -0.4 is 0 Å². The van der Waals surface area contributed by atoms with Crippen molar-refractivity contribution in [3.8, 4) is 6.07 Å². The minimum atomic E-state index is -0.550. The Balaban J connectivity index is 2.85. The third-order valence-electron chi connectivity index (χ3n) is 2.21. The van der Waals surface area contributed by atoms with E-state index in [1.807, 2.05) is 6.07 Å². The zero-order valence-corrected chi connectivity index (χ0v) is 9.29. The van der Waals surface area contributed by atoms with E-state index in [-0.39, 0.29) is 23.6 Å². The molecule has 0 aromatic heterocycles. The highest BCUT2D eigenvalue weighted by Crippen LogP contribution is 2.14. The lowest BCUT2D eigenvalue weighted by atomic mass is 10.2. The third kappa shape index (κ3) is 3.28. The number of rotatable bonds is 4. The van der Waals surface area contributed by atoms with Gasteiger partial charge in [-0.3, -0.25) is 14.9 Å². The Hall–Kier alpha value is -2.42. The molecule has 0 saturated heterocycles. The number of hydrogen-bond donors (Lipinski definition) is 0. The number of non-ortho nitro benzene ring substituents is 1. The highest BCUT2D eigenvalue weighted by atomic mass is 16.6. The predicted octanol–water partition coefficient (Wildman–Crippen LogP) is 1.58. The summed E-state index contributed by atoms with van der Waals surface area (Å²) in [4.78, 5) is 23.2. The van der Waals surface area contributed by atoms with Crippen molar-refractivity contribution in [1.82, 2.24) is 4.90 Å². The Morgan fingerprint density at radius 3 is 2.88 bits per heavy atom. The number of carbonyl (C=O) groups is 1. The van der Waals surface area contributed by atoms with Gasteiger partial charge in [-0.1, -0.05) is 6.07 Å². The van der Waals surface area contributed by atoms with Crippen LogP contribution in [0.2, 0.25) is 0 Å². The first-order valence-corrected chi connectivity index (χ1v) is 4.93. The van der Waals surface area contributed by atoms with Crippen molar-refractivity contribution in [1.29, 1.82) is 5.26 Å². The van der Waals surface area contributed by atoms with Gasteiger partial charge in [0.2, 0.25) is 0 Å². The fourth-order valence-electron chi connectivity index (χ4n) is 1.29. The number of nitro benzene ring substituents is 1. The van der Waals surface area contributed by atoms with Crippen LogP contribution in [-0.4, -0.2) is 29.3 Å². The van der Waals surface area contributed by atoms with Gasteiger partial charge in [0.05, 0.1) is 17.4 Å². The molecular formula is C11H11N3O3. The number of hydrogen-bond acceptors (Lipinski definition) is 4. The van der Waals surface area contributed by atoms with Gasteiger partial charge in [0.15, 0.2) is 0 Å². The van der Waals surface area contributed by atoms with E-state index in [2.05, 4.69) is 0 Å². The van der Waals surface area contributed by atoms with Crippen molar-refractivity contribution in [2.24, 2.45) is 0 Å². The Morgan fingerprint density at radius 2 is 2.29 bits per heavy atom. The van der Waals surface area contributed by atoms with Crippen LogP contribution in [0.3, 0.4) is 0 Å². The van der Waals surface area contributed by atoms with Crippen molar-refractivity contribution < 1.29 is 9.72 Å². The molecule has 6 nitrogen and oxygen atoms in total. The van der Waals surface area contributed by atoms with Crippen LogP contribution in [0.4, 0.5) is 5.69 Å². The third-order valence-corrected chi connectivity index (χ3v) is 2.21. The van der Waals surface area contributed by atoms with Gasteiger partial charge in [0, 0.05) is 31.3 Å². The monoisotopic (exact) mass is 233 g/mol. The molecule has 1 aromatic rings. The van der Waals surface area contributed by atoms with Crippen LogP contribution in [0.15, 0.2) is 24.3 Å². The highest BCUT2D eigenvalue weighted by Gasteiger charge is 2.14. The molecule has 0 aliphatic rings. The molecule has 1 aromatic carbocycles. The summed E-state index contributed by atoms with van der Waals surface area (Å²) in [5.41, 5.74) is 0.129. The van der Waals surface area contributed by atoms with Crippen molar-refractivity contribution in [2.45, 2.75) is 6.42 Å². The Morgan fingerprint density at radius 1 is 1.59 bits per heavy atom. The molecule has 0 N–H and O–H groups in total. The molecule has 0 radical (unpaired) electrons. The minimum absolute atomic E-state index is 0.121. The average molecular weight is 233 g/mol. The first-order valence-electron chi connectivity index (χ1n) is 4.93. The lowest BCUT2D eigenvalue weighted by Crippen LogP contribution is -2.27. The van der Waals surface area contributed by atoms with Gasteiger partial charge < -0.3 is 4.90 Å². The number of nitriles is 1. The van der Waals surface area contributed by atoms with Gasteiger partial charge >= 0.3 is 0 Å². The van der Waals surface area contributed by atoms with Crippen molar-refractivity contribution in [2.75, 3.05) is 13.6 Å². The average Bonchev–Trinajstić information content (AvgIpc) is 2.35. The van der Waals surface area contributed by atoms with E-state index in [0.717, 1.165) is 0 Å². The first-order chi connectivity index (χ1) is 8.06. The summed E-state index contributed by atoms with van der Waals surface area (Å²) in [6.45, 7) is 0.304. The Bertz CT molecular complexity index is 479. The van der Waals surface area contributed by atoms with Gasteiger partial charge in [-0.25, -0.2) is 0 Å². The maximum Gasteiger partial charge on any atom is 0.270 e. The molecular weight excluding hydrogens is 222 g/mol. The zero-order chi connectivity index (χ0) is 12.8. The van der Waals surface area contributed by atoms with E-state index in [0.29, 0.717) is 6.54 Å². The quantitative estimate of drug-likeness (QED) is 0.583. The number of amides is 1. The summed E-state index contributed by atoms with van der Waals surface area (Å²) in [7, 11) is 1.55. The van der Waals surface area contributed by atoms with Gasteiger partial charge in [0.25, 0.3) is 11.6 Å². The summed E-state index contributed by atoms with van der Waals surface area (Å²) in [6.07, 6.45) is 0.233. The Kier molecular flexibility index (Phi) is 4.17. The van der Waals surface area contributed by atoms with Crippen molar-refractivity contribution >= 4 is 11.6 Å². The second kappa shape index (κ2) is 5.61. The normalized spacial score (nSPS) is 9.41. The Labute approximate surface area is 98.2 Å². The largest absolute Gasteiger partial charge is 0.341 e. The summed E-state index contributed by atoms with van der Waals surface area (Å²) in [6, 6.07) is 7.46. The van der Waals surface area contributed by atoms with Crippen LogP contribution >= 0.6 is 0 Å². The molecule has 0 aliphatic heterocycles. The molecule has 0 heterocycles. The van der Waals surface area contributed by atoms with Crippen LogP contribution in [0, 0.1) is 21.4 Å². The van der Waals surface area contributed by atoms with Crippen molar-refractivity contribution in [3.63, 3.8) is 0 Å². The fraction of sp³-hybridized carbons (Fsp3) is 0.273. The number of nitro groups is 1. The number of nitrogens with zero attached hydrogens (tertiary/aromatic N) is 3. The lowest BCUT2D eigenvalue weighted by molar-refractivity contribution is -0.384. The zero-order valence-electron chi connectivity index (χ0n) is 9.29. The van der Waals surface area contributed by atoms with Gasteiger partial charge in [0.1, 0.15) is 0 Å². The second-order valence-corrected chi connectivity index (χ2v) is 3.44. The summed E-state index contributed by atoms with van der Waals surface area (Å²) >= 11 is 0. The smallest absolute Gasteiger partial charge is 0.270 e. The molecule has 0 unspecified atom stereocenters. The summed E-state index contributed by atoms with van der Waals surface area (Å²) in [5, 5.41) is 19.0. The van der Waals surface area contributed by atoms with E-state index >= 15 is 0 Å². The predicted molar refractivity (Wildman–Crippen MR) is 60.3 cm³/mol. The first kappa shape index (κ1) is 12.6. The van der Waals surface area contributed by atoms with Crippen LogP contribution in [0.5, 0.6) is 0 Å². The van der Waals surface area contributed by atoms with E-state index < -0.39 is 4.92 Å². The van der Waals surface area contributed by atoms with Crippen LogP contribution in [0.25, 0.3) is 0 Å². The standard InChI is InChI=1S/C11H11N3O3/c1-13(7-3-6-12)11(15)9-4-2-5-10(8-9)14(16)17/h2,4-5,8H,3,7H2,1H3. The van der Waals surface area contributed by atoms with Crippen LogP contribution in [-0.2, 0) is 0 Å². The van der Waals surface area contributed by atoms with Gasteiger partial charge in [-0.15, -0.1) is 0 Å². The molecule has 6 heteroatoms. The topological polar surface area (TPSA) is 87.2 Å². The second-order valence-electron chi connectivity index (χ2n) is 3.44. The number of carbonyl (C=O) groups excluding carboxylic acids is 1. The van der Waals surface area contributed by atoms with Crippen molar-refractivity contribution in [3.05, 3.63) is 39.9 Å². The SMILES string of the molecule is CN(CCC#N)C(=O)c1cccc([N+](=O)[O-])c1. The molecule has 1 rings (SSSR count). The fourth-order valence-corrected chi connectivity index (χ4v) is 1.29. The number of benzene rings is 1. The molecule has 0 atom stereocenters. The maximum atomic E-state index is 11.8. The van der Waals surface area contributed by atoms with Crippen LogP contribution in [0.1, 0.15) is 16.8 Å². The maximum absolute atomic E-state index is 11.8. The van der Waals surface area contributed by atoms with E-state index in [1.54, 1.807) is 7.05 Å². The molecule has 0 fully saturated rings.